The second-order valence-electron chi connectivity index (χ2n) is 29.6. The number of fused-ring (bicyclic) bond motifs is 6. The van der Waals surface area contributed by atoms with E-state index in [0.717, 1.165) is 90.7 Å². The number of carbonyl (C=O) groups is 1. The largest absolute Gasteiger partial charge is 0.504 e. The van der Waals surface area contributed by atoms with Gasteiger partial charge >= 0.3 is 5.97 Å². The van der Waals surface area contributed by atoms with Gasteiger partial charge in [-0.1, -0.05) is 78.9 Å². The van der Waals surface area contributed by atoms with Crippen molar-refractivity contribution >= 4 is 16.7 Å². The Kier molecular flexibility index (Phi) is 19.3. The van der Waals surface area contributed by atoms with Crippen molar-refractivity contribution in [1.29, 1.82) is 0 Å². The maximum Gasteiger partial charge on any atom is 0.316 e. The van der Waals surface area contributed by atoms with Gasteiger partial charge < -0.3 is 72.9 Å². The molecule has 102 heavy (non-hydrogen) atoms. The van der Waals surface area contributed by atoms with Crippen LogP contribution in [0.25, 0.3) is 10.8 Å². The van der Waals surface area contributed by atoms with Crippen molar-refractivity contribution in [3.8, 4) is 46.0 Å². The predicted molar refractivity (Wildman–Crippen MR) is 385 cm³/mol. The number of phenolic OH excluding ortho intramolecular Hbond substituents is 1. The number of epoxide rings is 1. The van der Waals surface area contributed by atoms with E-state index in [9.17, 15) is 25.2 Å². The number of hydrogen-bond donors (Lipinski definition) is 4. The third kappa shape index (κ3) is 12.0. The van der Waals surface area contributed by atoms with Gasteiger partial charge in [0.1, 0.15) is 48.6 Å². The monoisotopic (exact) mass is 1390 g/mol. The number of carbonyl (C=O) groups excluding carboxylic acids is 1. The molecule has 19 rings (SSSR count). The quantitative estimate of drug-likeness (QED) is 0.0508. The van der Waals surface area contributed by atoms with E-state index in [1.807, 2.05) is 116 Å². The fraction of sp³-hybridized carbons (Fsp3) is 0.476. The van der Waals surface area contributed by atoms with Gasteiger partial charge in [0.05, 0.1) is 47.8 Å². The van der Waals surface area contributed by atoms with Crippen LogP contribution in [0.3, 0.4) is 0 Å². The van der Waals surface area contributed by atoms with Crippen LogP contribution in [-0.4, -0.2) is 213 Å². The molecule has 6 saturated heterocycles. The van der Waals surface area contributed by atoms with E-state index < -0.39 is 18.1 Å². The summed E-state index contributed by atoms with van der Waals surface area (Å²) in [5.41, 5.74) is 9.11. The minimum Gasteiger partial charge on any atom is -0.504 e. The Morgan fingerprint density at radius 1 is 0.627 bits per heavy atom. The number of methoxy groups -OCH3 is 5. The summed E-state index contributed by atoms with van der Waals surface area (Å²) in [5, 5.41) is 42.9. The lowest BCUT2D eigenvalue weighted by atomic mass is 9.53. The van der Waals surface area contributed by atoms with Crippen LogP contribution in [0.4, 0.5) is 0 Å². The van der Waals surface area contributed by atoms with Gasteiger partial charge in [-0.2, -0.15) is 0 Å². The molecule has 0 amide bonds. The molecule has 0 radical (unpaired) electrons. The topological polar surface area (TPSA) is 223 Å². The standard InChI is InChI=1S/C20H21NO4.C18H21NO3.C17H21NO4.C17H19NO3.C10H14N2/c1-22-17-6-5-13(10-18(17)23-2)9-16-15-12-20(25-4)19(24-3)11-14(15)7-8-21-16;1-19-8-7-18-11-4-5-13(20)17(18)22-16-14(21-2)6-3-10(15(16)18)9-12(11)19;1-18-13-7-11(8-14(18)16-15(13)22-16)21-17(20)12(9-19)10-5-3-2-4-6-10;1-18-7-6-17-10-3-5-13(20)16(17)21-15-12(19)4-2-9(14(15)17)8-11(10)18;1-12-7-3-5-10(12)9-4-2-6-11-8-9/h5-8,10-12H,9H2,1-4H3;3-6,11-13,17,20H,7-9H2,1-2H3;2-6,11-16,19H,7-9H2,1H3;2-5,10-11,13,16,19-20H,6-8H2,1H3;2,4,6,8,10H,3,5,7H2,1H3/t;11-,12-,13+,17+,18+;11?,12-,13-,14+,15-,16+;10-,11-,13+,16+,17+;10-/m.1110/s1. The summed E-state index contributed by atoms with van der Waals surface area (Å²) in [6, 6.07) is 35.6. The molecule has 4 N–H and O–H groups in total. The van der Waals surface area contributed by atoms with Gasteiger partial charge in [0.2, 0.25) is 0 Å². The normalized spacial score (nSPS) is 31.2. The molecule has 17 atom stereocenters. The predicted octanol–water partition coefficient (Wildman–Crippen LogP) is 9.33. The zero-order chi connectivity index (χ0) is 70.9. The molecule has 0 saturated carbocycles. The Balaban J connectivity index is 0.000000104. The number of hydrogen-bond acceptors (Lipinski definition) is 20. The van der Waals surface area contributed by atoms with E-state index >= 15 is 0 Å². The van der Waals surface area contributed by atoms with E-state index in [4.69, 9.17) is 42.6 Å². The molecule has 20 nitrogen and oxygen atoms in total. The summed E-state index contributed by atoms with van der Waals surface area (Å²) in [5.74, 6) is 5.18. The molecular weight excluding hydrogens is 1290 g/mol. The van der Waals surface area contributed by atoms with Gasteiger partial charge in [-0.25, -0.2) is 0 Å². The Bertz CT molecular complexity index is 4260. The fourth-order valence-electron chi connectivity index (χ4n) is 19.5. The van der Waals surface area contributed by atoms with Crippen LogP contribution >= 0.6 is 0 Å². The first-order chi connectivity index (χ1) is 49.5. The number of aliphatic hydroxyl groups is 3. The number of likely N-dealkylation sites (tertiary alicyclic amines) is 3. The number of aliphatic hydroxyl groups excluding tert-OH is 3. The number of pyridine rings is 2. The summed E-state index contributed by atoms with van der Waals surface area (Å²) in [6.07, 6.45) is 21.9. The lowest BCUT2D eigenvalue weighted by Gasteiger charge is -2.56. The van der Waals surface area contributed by atoms with Crippen LogP contribution in [0.1, 0.15) is 95.1 Å². The third-order valence-electron chi connectivity index (χ3n) is 24.6. The summed E-state index contributed by atoms with van der Waals surface area (Å²) in [6.45, 7) is 3.06. The molecule has 5 aromatic carbocycles. The fourth-order valence-corrected chi connectivity index (χ4v) is 19.5. The number of nitrogens with zero attached hydrogens (tertiary/aromatic N) is 6. The molecule has 12 aliphatic rings. The lowest BCUT2D eigenvalue weighted by molar-refractivity contribution is -0.156. The van der Waals surface area contributed by atoms with Crippen LogP contribution in [0, 0.1) is 11.8 Å². The van der Waals surface area contributed by atoms with Crippen molar-refractivity contribution in [3.63, 3.8) is 0 Å². The van der Waals surface area contributed by atoms with Gasteiger partial charge in [0.25, 0.3) is 0 Å². The Morgan fingerprint density at radius 2 is 1.23 bits per heavy atom. The number of benzene rings is 5. The maximum atomic E-state index is 12.4. The first kappa shape index (κ1) is 69.4. The molecule has 2 aromatic heterocycles. The summed E-state index contributed by atoms with van der Waals surface area (Å²) in [4.78, 5) is 30.8. The zero-order valence-electron chi connectivity index (χ0n) is 59.8. The van der Waals surface area contributed by atoms with E-state index in [-0.39, 0.29) is 47.5 Å². The molecule has 2 spiro atoms. The highest BCUT2D eigenvalue weighted by molar-refractivity contribution is 5.88. The number of likely N-dealkylation sites (N-methyl/N-ethyl adjacent to an activating group) is 3. The SMILES string of the molecule is CN1CCC[C@H]1c1cccnc1.CN1CC[C@]23c4c5ccc(O)c4O[C@H]2[C@@H](O)C=C[C@@H]3[C@H]1C5.CN1[C@@H]2CC(OC(=O)[C@H](CO)c3ccccc3)C[C@H]1[C@@H]1O[C@@H]12.COc1ccc(Cc2nccc3cc(OC)c(OC)cc23)cc1OC.COc1ccc2c3c1O[C@H]1[C@@H](O)C=C[C@@H]4[C@@H](C2)N(C)CC[C@@]341. The van der Waals surface area contributed by atoms with E-state index in [2.05, 4.69) is 82.0 Å². The lowest BCUT2D eigenvalue weighted by Crippen LogP contribution is -2.64. The van der Waals surface area contributed by atoms with E-state index in [1.165, 1.54) is 47.2 Å². The number of rotatable bonds is 12. The van der Waals surface area contributed by atoms with Crippen LogP contribution in [0.2, 0.25) is 0 Å². The molecule has 1 unspecified atom stereocenters. The van der Waals surface area contributed by atoms with Crippen molar-refractivity contribution in [2.24, 2.45) is 11.8 Å². The van der Waals surface area contributed by atoms with Gasteiger partial charge in [-0.3, -0.25) is 24.6 Å². The van der Waals surface area contributed by atoms with Crippen LogP contribution < -0.4 is 33.2 Å². The van der Waals surface area contributed by atoms with Gasteiger partial charge in [0.15, 0.2) is 46.0 Å². The molecule has 20 heteroatoms. The highest BCUT2D eigenvalue weighted by Crippen LogP contribution is 2.64. The number of esters is 1. The average molecular weight is 1390 g/mol. The summed E-state index contributed by atoms with van der Waals surface area (Å²) in [7, 11) is 16.9. The van der Waals surface area contributed by atoms with Gasteiger partial charge in [-0.05, 0) is 168 Å². The van der Waals surface area contributed by atoms with Crippen molar-refractivity contribution in [3.05, 3.63) is 191 Å². The smallest absolute Gasteiger partial charge is 0.316 e. The Labute approximate surface area is 597 Å². The van der Waals surface area contributed by atoms with Crippen molar-refractivity contribution < 1.29 is 67.9 Å². The van der Waals surface area contributed by atoms with Crippen LogP contribution in [0.15, 0.2) is 146 Å². The molecule has 538 valence electrons. The molecule has 10 heterocycles. The molecule has 6 fully saturated rings. The number of aromatic hydroxyl groups is 1. The highest BCUT2D eigenvalue weighted by atomic mass is 16.6. The second-order valence-corrected chi connectivity index (χ2v) is 29.6. The highest BCUT2D eigenvalue weighted by Gasteiger charge is 2.66. The second kappa shape index (κ2) is 28.4. The van der Waals surface area contributed by atoms with Crippen LogP contribution in [0.5, 0.6) is 46.0 Å². The summed E-state index contributed by atoms with van der Waals surface area (Å²) >= 11 is 0. The minimum atomic E-state index is -0.594. The van der Waals surface area contributed by atoms with Crippen molar-refractivity contribution in [1.82, 2.24) is 29.6 Å². The minimum absolute atomic E-state index is 0.0622. The number of ether oxygens (including phenoxy) is 9. The molecular formula is C82H96N6O14. The first-order valence-corrected chi connectivity index (χ1v) is 36.1. The van der Waals surface area contributed by atoms with Crippen LogP contribution in [-0.2, 0) is 44.4 Å². The van der Waals surface area contributed by atoms with Crippen molar-refractivity contribution in [2.45, 2.75) is 147 Å². The number of morpholine rings is 1. The average Bonchev–Trinajstić information content (AvgIpc) is 1.48. The zero-order valence-corrected chi connectivity index (χ0v) is 59.8. The molecule has 4 aliphatic carbocycles. The Morgan fingerprint density at radius 3 is 1.82 bits per heavy atom. The van der Waals surface area contributed by atoms with E-state index in [1.54, 1.807) is 41.6 Å². The number of aromatic nitrogens is 2. The molecule has 6 bridgehead atoms. The first-order valence-electron chi connectivity index (χ1n) is 36.1. The summed E-state index contributed by atoms with van der Waals surface area (Å²) < 4.78 is 50.8. The third-order valence-corrected chi connectivity index (χ3v) is 24.6. The molecule has 8 aliphatic heterocycles. The Hall–Kier alpha value is -8.31. The maximum absolute atomic E-state index is 12.4. The molecule has 7 aromatic rings. The van der Waals surface area contributed by atoms with Gasteiger partial charge in [-0.15, -0.1) is 0 Å². The van der Waals surface area contributed by atoms with Gasteiger partial charge in [0, 0.05) is 107 Å². The number of phenols is 1. The van der Waals surface area contributed by atoms with E-state index in [0.29, 0.717) is 89.4 Å². The van der Waals surface area contributed by atoms with Crippen molar-refractivity contribution in [2.75, 3.05) is 90.0 Å². The number of piperidine rings is 3.